The van der Waals surface area contributed by atoms with Crippen LogP contribution in [0.5, 0.6) is 0 Å². The molecule has 2 rings (SSSR count). The van der Waals surface area contributed by atoms with Gasteiger partial charge in [-0.25, -0.2) is 0 Å². The van der Waals surface area contributed by atoms with Crippen LogP contribution in [0.15, 0.2) is 28.9 Å². The zero-order valence-corrected chi connectivity index (χ0v) is 10.5. The molecule has 1 heterocycles. The molecule has 0 atom stereocenters. The summed E-state index contributed by atoms with van der Waals surface area (Å²) in [6.45, 7) is 2.23. The summed E-state index contributed by atoms with van der Waals surface area (Å²) in [5, 5.41) is 1.06. The van der Waals surface area contributed by atoms with Gasteiger partial charge in [-0.05, 0) is 30.7 Å². The molecule has 0 bridgehead atoms. The van der Waals surface area contributed by atoms with Crippen LogP contribution < -0.4 is 0 Å². The summed E-state index contributed by atoms with van der Waals surface area (Å²) < 4.78 is 5.93. The number of carbonyl (C=O) groups excluding carboxylic acids is 1. The molecule has 1 aromatic carbocycles. The van der Waals surface area contributed by atoms with E-state index in [1.807, 2.05) is 31.3 Å². The predicted molar refractivity (Wildman–Crippen MR) is 66.3 cm³/mol. The van der Waals surface area contributed by atoms with Crippen LogP contribution in [-0.2, 0) is 16.0 Å². The first-order valence-electron chi connectivity index (χ1n) is 5.12. The lowest BCUT2D eigenvalue weighted by Crippen LogP contribution is -2.06. The number of hydrogen-bond donors (Lipinski definition) is 1. The molecule has 1 N–H and O–H groups in total. The number of carbonyl (C=O) groups is 1. The van der Waals surface area contributed by atoms with Gasteiger partial charge in [-0.1, -0.05) is 15.9 Å². The fraction of sp³-hybridized carbons (Fsp3) is 0.250. The van der Waals surface area contributed by atoms with Crippen molar-refractivity contribution in [3.63, 3.8) is 0 Å². The summed E-state index contributed by atoms with van der Waals surface area (Å²) in [5.41, 5.74) is 2.00. The lowest BCUT2D eigenvalue weighted by Gasteiger charge is -2.00. The van der Waals surface area contributed by atoms with E-state index in [9.17, 15) is 4.79 Å². The largest absolute Gasteiger partial charge is 0.466 e. The second kappa shape index (κ2) is 4.70. The molecule has 0 amide bonds. The maximum absolute atomic E-state index is 11.4. The minimum Gasteiger partial charge on any atom is -0.466 e. The number of benzene rings is 1. The maximum Gasteiger partial charge on any atom is 0.310 e. The van der Waals surface area contributed by atoms with Crippen molar-refractivity contribution in [2.75, 3.05) is 6.61 Å². The molecular weight excluding hydrogens is 270 g/mol. The molecule has 0 aliphatic carbocycles. The van der Waals surface area contributed by atoms with Crippen molar-refractivity contribution < 1.29 is 9.53 Å². The minimum atomic E-state index is -0.191. The van der Waals surface area contributed by atoms with Crippen molar-refractivity contribution in [1.82, 2.24) is 4.98 Å². The van der Waals surface area contributed by atoms with E-state index in [-0.39, 0.29) is 5.97 Å². The number of H-pyrrole nitrogens is 1. The molecule has 0 spiro atoms. The van der Waals surface area contributed by atoms with Crippen LogP contribution in [0.25, 0.3) is 10.9 Å². The average Bonchev–Trinajstić information content (AvgIpc) is 2.61. The van der Waals surface area contributed by atoms with Gasteiger partial charge in [0.15, 0.2) is 0 Å². The van der Waals surface area contributed by atoms with Crippen LogP contribution in [0.4, 0.5) is 0 Å². The van der Waals surface area contributed by atoms with Gasteiger partial charge < -0.3 is 9.72 Å². The number of halogens is 1. The van der Waals surface area contributed by atoms with E-state index < -0.39 is 0 Å². The van der Waals surface area contributed by atoms with E-state index >= 15 is 0 Å². The molecule has 84 valence electrons. The normalized spacial score (nSPS) is 10.6. The van der Waals surface area contributed by atoms with Crippen LogP contribution in [0, 0.1) is 0 Å². The predicted octanol–water partition coefficient (Wildman–Crippen LogP) is 3.04. The van der Waals surface area contributed by atoms with Gasteiger partial charge in [0, 0.05) is 21.6 Å². The van der Waals surface area contributed by atoms with Crippen LogP contribution >= 0.6 is 15.9 Å². The topological polar surface area (TPSA) is 42.1 Å². The Morgan fingerprint density at radius 1 is 1.50 bits per heavy atom. The minimum absolute atomic E-state index is 0.191. The number of aromatic nitrogens is 1. The summed E-state index contributed by atoms with van der Waals surface area (Å²) in [7, 11) is 0. The lowest BCUT2D eigenvalue weighted by atomic mass is 10.1. The Bertz CT molecular complexity index is 519. The molecule has 0 aliphatic rings. The number of aromatic amines is 1. The van der Waals surface area contributed by atoms with Crippen molar-refractivity contribution in [2.24, 2.45) is 0 Å². The third-order valence-electron chi connectivity index (χ3n) is 2.37. The number of hydrogen-bond acceptors (Lipinski definition) is 2. The summed E-state index contributed by atoms with van der Waals surface area (Å²) >= 11 is 3.42. The zero-order chi connectivity index (χ0) is 11.5. The van der Waals surface area contributed by atoms with E-state index in [2.05, 4.69) is 20.9 Å². The van der Waals surface area contributed by atoms with E-state index in [0.29, 0.717) is 13.0 Å². The fourth-order valence-corrected chi connectivity index (χ4v) is 2.03. The first kappa shape index (κ1) is 11.2. The van der Waals surface area contributed by atoms with Crippen molar-refractivity contribution in [1.29, 1.82) is 0 Å². The van der Waals surface area contributed by atoms with Gasteiger partial charge in [0.25, 0.3) is 0 Å². The van der Waals surface area contributed by atoms with Gasteiger partial charge in [-0.3, -0.25) is 4.79 Å². The highest BCUT2D eigenvalue weighted by Crippen LogP contribution is 2.23. The highest BCUT2D eigenvalue weighted by atomic mass is 79.9. The molecule has 4 heteroatoms. The number of fused-ring (bicyclic) bond motifs is 1. The molecule has 0 saturated heterocycles. The SMILES string of the molecule is CCOC(=O)Cc1c[nH]c2ccc(Br)cc12. The molecule has 0 radical (unpaired) electrons. The van der Waals surface area contributed by atoms with E-state index in [0.717, 1.165) is 20.9 Å². The van der Waals surface area contributed by atoms with Crippen LogP contribution in [0.2, 0.25) is 0 Å². The molecule has 1 aromatic heterocycles. The number of ether oxygens (including phenoxy) is 1. The third kappa shape index (κ3) is 2.27. The molecule has 0 fully saturated rings. The highest BCUT2D eigenvalue weighted by Gasteiger charge is 2.09. The maximum atomic E-state index is 11.4. The smallest absolute Gasteiger partial charge is 0.310 e. The van der Waals surface area contributed by atoms with Gasteiger partial charge >= 0.3 is 5.97 Å². The van der Waals surface area contributed by atoms with E-state index in [4.69, 9.17) is 4.74 Å². The molecule has 16 heavy (non-hydrogen) atoms. The second-order valence-corrected chi connectivity index (χ2v) is 4.40. The molecule has 2 aromatic rings. The summed E-state index contributed by atoms with van der Waals surface area (Å²) in [6, 6.07) is 5.95. The van der Waals surface area contributed by atoms with Crippen molar-refractivity contribution in [3.05, 3.63) is 34.4 Å². The Labute approximate surface area is 102 Å². The van der Waals surface area contributed by atoms with Gasteiger partial charge in [-0.15, -0.1) is 0 Å². The molecule has 0 saturated carbocycles. The zero-order valence-electron chi connectivity index (χ0n) is 8.92. The Balaban J connectivity index is 2.30. The Hall–Kier alpha value is -1.29. The van der Waals surface area contributed by atoms with Gasteiger partial charge in [0.05, 0.1) is 13.0 Å². The van der Waals surface area contributed by atoms with Crippen LogP contribution in [0.1, 0.15) is 12.5 Å². The van der Waals surface area contributed by atoms with E-state index in [1.165, 1.54) is 0 Å². The molecule has 0 aliphatic heterocycles. The average molecular weight is 282 g/mol. The van der Waals surface area contributed by atoms with E-state index in [1.54, 1.807) is 0 Å². The Morgan fingerprint density at radius 2 is 2.31 bits per heavy atom. The fourth-order valence-electron chi connectivity index (χ4n) is 1.66. The third-order valence-corrected chi connectivity index (χ3v) is 2.86. The Kier molecular flexibility index (Phi) is 3.29. The number of rotatable bonds is 3. The highest BCUT2D eigenvalue weighted by molar-refractivity contribution is 9.10. The van der Waals surface area contributed by atoms with Crippen molar-refractivity contribution in [3.8, 4) is 0 Å². The monoisotopic (exact) mass is 281 g/mol. The second-order valence-electron chi connectivity index (χ2n) is 3.49. The van der Waals surface area contributed by atoms with Crippen LogP contribution in [0.3, 0.4) is 0 Å². The first-order chi connectivity index (χ1) is 7.70. The molecular formula is C12H12BrNO2. The molecule has 3 nitrogen and oxygen atoms in total. The van der Waals surface area contributed by atoms with Gasteiger partial charge in [0.2, 0.25) is 0 Å². The first-order valence-corrected chi connectivity index (χ1v) is 5.91. The molecule has 0 unspecified atom stereocenters. The number of esters is 1. The summed E-state index contributed by atoms with van der Waals surface area (Å²) in [5.74, 6) is -0.191. The standard InChI is InChI=1S/C12H12BrNO2/c1-2-16-12(15)5-8-7-14-11-4-3-9(13)6-10(8)11/h3-4,6-7,14H,2,5H2,1H3. The quantitative estimate of drug-likeness (QED) is 0.879. The van der Waals surface area contributed by atoms with Crippen molar-refractivity contribution in [2.45, 2.75) is 13.3 Å². The summed E-state index contributed by atoms with van der Waals surface area (Å²) in [4.78, 5) is 14.5. The van der Waals surface area contributed by atoms with Crippen LogP contribution in [-0.4, -0.2) is 17.6 Å². The van der Waals surface area contributed by atoms with Crippen molar-refractivity contribution >= 4 is 32.8 Å². The van der Waals surface area contributed by atoms with Gasteiger partial charge in [-0.2, -0.15) is 0 Å². The van der Waals surface area contributed by atoms with Gasteiger partial charge in [0.1, 0.15) is 0 Å². The Morgan fingerprint density at radius 3 is 3.06 bits per heavy atom. The lowest BCUT2D eigenvalue weighted by molar-refractivity contribution is -0.142. The summed E-state index contributed by atoms with van der Waals surface area (Å²) in [6.07, 6.45) is 2.16. The number of nitrogens with one attached hydrogen (secondary N) is 1.